The first-order valence-electron chi connectivity index (χ1n) is 6.20. The predicted octanol–water partition coefficient (Wildman–Crippen LogP) is 1.81. The molecule has 0 unspecified atom stereocenters. The Labute approximate surface area is 107 Å². The highest BCUT2D eigenvalue weighted by atomic mass is 16.3. The van der Waals surface area contributed by atoms with Gasteiger partial charge in [-0.1, -0.05) is 12.1 Å². The highest BCUT2D eigenvalue weighted by Crippen LogP contribution is 2.10. The van der Waals surface area contributed by atoms with Gasteiger partial charge in [-0.2, -0.15) is 0 Å². The zero-order chi connectivity index (χ0) is 13.2. The highest BCUT2D eigenvalue weighted by molar-refractivity contribution is 5.76. The van der Waals surface area contributed by atoms with Crippen LogP contribution in [0, 0.1) is 0 Å². The molecule has 0 saturated heterocycles. The Morgan fingerprint density at radius 2 is 1.94 bits per heavy atom. The van der Waals surface area contributed by atoms with E-state index in [1.807, 2.05) is 12.1 Å². The van der Waals surface area contributed by atoms with Crippen molar-refractivity contribution in [2.75, 3.05) is 6.54 Å². The van der Waals surface area contributed by atoms with Gasteiger partial charge in [0.15, 0.2) is 0 Å². The number of aromatic hydroxyl groups is 1. The van der Waals surface area contributed by atoms with Crippen LogP contribution in [0.2, 0.25) is 0 Å². The summed E-state index contributed by atoms with van der Waals surface area (Å²) in [5, 5.41) is 11.9. The summed E-state index contributed by atoms with van der Waals surface area (Å²) in [4.78, 5) is 21.6. The molecule has 0 atom stereocenters. The van der Waals surface area contributed by atoms with Gasteiger partial charge in [-0.25, -0.2) is 0 Å². The molecule has 1 rings (SSSR count). The SMILES string of the molecule is O=CCCCCNC(=O)CCc1ccc(O)cc1. The van der Waals surface area contributed by atoms with Crippen molar-refractivity contribution in [3.8, 4) is 5.75 Å². The molecule has 98 valence electrons. The molecular weight excluding hydrogens is 230 g/mol. The van der Waals surface area contributed by atoms with Crippen molar-refractivity contribution in [3.05, 3.63) is 29.8 Å². The largest absolute Gasteiger partial charge is 0.508 e. The Kier molecular flexibility index (Phi) is 6.54. The van der Waals surface area contributed by atoms with Gasteiger partial charge in [0.1, 0.15) is 12.0 Å². The van der Waals surface area contributed by atoms with E-state index >= 15 is 0 Å². The fourth-order valence-electron chi connectivity index (χ4n) is 1.59. The lowest BCUT2D eigenvalue weighted by atomic mass is 10.1. The Balaban J connectivity index is 2.13. The lowest BCUT2D eigenvalue weighted by Gasteiger charge is -2.04. The molecule has 1 aromatic carbocycles. The van der Waals surface area contributed by atoms with Gasteiger partial charge in [-0.05, 0) is 37.0 Å². The number of phenolic OH excluding ortho intramolecular Hbond substituents is 1. The fraction of sp³-hybridized carbons (Fsp3) is 0.429. The number of aldehydes is 1. The van der Waals surface area contributed by atoms with Gasteiger partial charge in [0.2, 0.25) is 5.91 Å². The van der Waals surface area contributed by atoms with Crippen molar-refractivity contribution in [1.82, 2.24) is 5.32 Å². The zero-order valence-electron chi connectivity index (χ0n) is 10.4. The first-order valence-corrected chi connectivity index (χ1v) is 6.20. The van der Waals surface area contributed by atoms with Crippen LogP contribution in [0.15, 0.2) is 24.3 Å². The van der Waals surface area contributed by atoms with Crippen LogP contribution >= 0.6 is 0 Å². The average Bonchev–Trinajstić information content (AvgIpc) is 2.38. The second-order valence-corrected chi connectivity index (χ2v) is 4.18. The summed E-state index contributed by atoms with van der Waals surface area (Å²) in [6, 6.07) is 6.86. The molecule has 2 N–H and O–H groups in total. The van der Waals surface area contributed by atoms with Crippen molar-refractivity contribution < 1.29 is 14.7 Å². The van der Waals surface area contributed by atoms with Gasteiger partial charge in [0, 0.05) is 19.4 Å². The number of hydrogen-bond donors (Lipinski definition) is 2. The summed E-state index contributed by atoms with van der Waals surface area (Å²) in [7, 11) is 0. The van der Waals surface area contributed by atoms with Crippen molar-refractivity contribution >= 4 is 12.2 Å². The molecule has 18 heavy (non-hydrogen) atoms. The minimum atomic E-state index is 0.0224. The zero-order valence-corrected chi connectivity index (χ0v) is 10.4. The number of carbonyl (C=O) groups is 2. The molecule has 0 radical (unpaired) electrons. The van der Waals surface area contributed by atoms with Crippen LogP contribution in [0.25, 0.3) is 0 Å². The van der Waals surface area contributed by atoms with E-state index in [9.17, 15) is 9.59 Å². The van der Waals surface area contributed by atoms with Crippen molar-refractivity contribution in [2.45, 2.75) is 32.1 Å². The van der Waals surface area contributed by atoms with Crippen molar-refractivity contribution in [2.24, 2.45) is 0 Å². The summed E-state index contributed by atoms with van der Waals surface area (Å²) >= 11 is 0. The van der Waals surface area contributed by atoms with E-state index < -0.39 is 0 Å². The smallest absolute Gasteiger partial charge is 0.220 e. The first-order chi connectivity index (χ1) is 8.72. The lowest BCUT2D eigenvalue weighted by Crippen LogP contribution is -2.24. The highest BCUT2D eigenvalue weighted by Gasteiger charge is 2.01. The summed E-state index contributed by atoms with van der Waals surface area (Å²) in [5.41, 5.74) is 1.03. The lowest BCUT2D eigenvalue weighted by molar-refractivity contribution is -0.121. The Morgan fingerprint density at radius 1 is 1.22 bits per heavy atom. The molecule has 1 amide bonds. The Hall–Kier alpha value is -1.84. The number of phenols is 1. The van der Waals surface area contributed by atoms with Crippen LogP contribution in [0.1, 0.15) is 31.2 Å². The minimum absolute atomic E-state index is 0.0224. The molecule has 4 nitrogen and oxygen atoms in total. The molecule has 4 heteroatoms. The first kappa shape index (κ1) is 14.2. The van der Waals surface area contributed by atoms with Gasteiger partial charge in [0.05, 0.1) is 0 Å². The summed E-state index contributed by atoms with van der Waals surface area (Å²) in [5.74, 6) is 0.257. The van der Waals surface area contributed by atoms with E-state index in [0.717, 1.165) is 24.7 Å². The number of amides is 1. The predicted molar refractivity (Wildman–Crippen MR) is 69.4 cm³/mol. The van der Waals surface area contributed by atoms with E-state index in [1.54, 1.807) is 12.1 Å². The van der Waals surface area contributed by atoms with Gasteiger partial charge >= 0.3 is 0 Å². The number of benzene rings is 1. The maximum absolute atomic E-state index is 11.5. The van der Waals surface area contributed by atoms with E-state index in [-0.39, 0.29) is 11.7 Å². The van der Waals surface area contributed by atoms with Gasteiger partial charge in [0.25, 0.3) is 0 Å². The molecule has 0 aliphatic carbocycles. The second-order valence-electron chi connectivity index (χ2n) is 4.18. The maximum Gasteiger partial charge on any atom is 0.220 e. The Morgan fingerprint density at radius 3 is 2.61 bits per heavy atom. The molecule has 0 spiro atoms. The number of aryl methyl sites for hydroxylation is 1. The molecule has 0 saturated carbocycles. The van der Waals surface area contributed by atoms with Crippen LogP contribution < -0.4 is 5.32 Å². The quantitative estimate of drug-likeness (QED) is 0.545. The topological polar surface area (TPSA) is 66.4 Å². The van der Waals surface area contributed by atoms with Crippen LogP contribution in [-0.4, -0.2) is 23.8 Å². The molecule has 0 aromatic heterocycles. The number of hydrogen-bond acceptors (Lipinski definition) is 3. The minimum Gasteiger partial charge on any atom is -0.508 e. The standard InChI is InChI=1S/C14H19NO3/c16-11-3-1-2-10-15-14(18)9-6-12-4-7-13(17)8-5-12/h4-5,7-8,11,17H,1-3,6,9-10H2,(H,15,18). The molecule has 0 heterocycles. The third kappa shape index (κ3) is 6.03. The van der Waals surface area contributed by atoms with Crippen LogP contribution in [-0.2, 0) is 16.0 Å². The third-order valence-corrected chi connectivity index (χ3v) is 2.65. The van der Waals surface area contributed by atoms with E-state index in [4.69, 9.17) is 5.11 Å². The molecule has 0 fully saturated rings. The van der Waals surface area contributed by atoms with E-state index in [2.05, 4.69) is 5.32 Å². The third-order valence-electron chi connectivity index (χ3n) is 2.65. The van der Waals surface area contributed by atoms with E-state index in [0.29, 0.717) is 25.8 Å². The molecule has 0 aliphatic heterocycles. The van der Waals surface area contributed by atoms with Crippen LogP contribution in [0.5, 0.6) is 5.75 Å². The number of rotatable bonds is 8. The average molecular weight is 249 g/mol. The Bertz CT molecular complexity index is 373. The summed E-state index contributed by atoms with van der Waals surface area (Å²) in [6.45, 7) is 0.627. The van der Waals surface area contributed by atoms with Crippen LogP contribution in [0.3, 0.4) is 0 Å². The normalized spacial score (nSPS) is 10.0. The monoisotopic (exact) mass is 249 g/mol. The van der Waals surface area contributed by atoms with Crippen LogP contribution in [0.4, 0.5) is 0 Å². The number of unbranched alkanes of at least 4 members (excludes halogenated alkanes) is 2. The number of carbonyl (C=O) groups excluding carboxylic acids is 2. The number of nitrogens with one attached hydrogen (secondary N) is 1. The molecule has 1 aromatic rings. The summed E-state index contributed by atoms with van der Waals surface area (Å²) < 4.78 is 0. The van der Waals surface area contributed by atoms with Gasteiger partial charge in [-0.3, -0.25) is 4.79 Å². The fourth-order valence-corrected chi connectivity index (χ4v) is 1.59. The van der Waals surface area contributed by atoms with Crippen molar-refractivity contribution in [3.63, 3.8) is 0 Å². The summed E-state index contributed by atoms with van der Waals surface area (Å²) in [6.07, 6.45) is 4.22. The molecule has 0 bridgehead atoms. The van der Waals surface area contributed by atoms with Gasteiger partial charge < -0.3 is 15.2 Å². The maximum atomic E-state index is 11.5. The molecule has 0 aliphatic rings. The van der Waals surface area contributed by atoms with Crippen molar-refractivity contribution in [1.29, 1.82) is 0 Å². The van der Waals surface area contributed by atoms with E-state index in [1.165, 1.54) is 0 Å². The van der Waals surface area contributed by atoms with Gasteiger partial charge in [-0.15, -0.1) is 0 Å². The molecular formula is C14H19NO3. The second kappa shape index (κ2) is 8.28.